The first-order chi connectivity index (χ1) is 9.15. The van der Waals surface area contributed by atoms with Gasteiger partial charge in [0.1, 0.15) is 0 Å². The summed E-state index contributed by atoms with van der Waals surface area (Å²) in [4.78, 5) is 22.2. The van der Waals surface area contributed by atoms with Crippen LogP contribution in [-0.4, -0.2) is 39.4 Å². The molecule has 1 fully saturated rings. The van der Waals surface area contributed by atoms with E-state index < -0.39 is 0 Å². The van der Waals surface area contributed by atoms with Crippen LogP contribution in [0.1, 0.15) is 38.1 Å². The number of hydrogen-bond acceptors (Lipinski definition) is 3. The summed E-state index contributed by atoms with van der Waals surface area (Å²) >= 11 is 0. The van der Waals surface area contributed by atoms with Crippen LogP contribution >= 0.6 is 0 Å². The molecule has 0 spiro atoms. The maximum Gasteiger partial charge on any atom is 0.240 e. The lowest BCUT2D eigenvalue weighted by Crippen LogP contribution is -2.51. The number of amides is 1. The molecule has 1 saturated carbocycles. The van der Waals surface area contributed by atoms with Crippen molar-refractivity contribution in [3.63, 3.8) is 0 Å². The van der Waals surface area contributed by atoms with E-state index in [0.29, 0.717) is 24.9 Å². The van der Waals surface area contributed by atoms with E-state index in [9.17, 15) is 4.79 Å². The Morgan fingerprint density at radius 3 is 3.00 bits per heavy atom. The van der Waals surface area contributed by atoms with Gasteiger partial charge in [-0.15, -0.1) is 0 Å². The predicted molar refractivity (Wildman–Crippen MR) is 72.5 cm³/mol. The molecule has 1 aromatic rings. The second-order valence-corrected chi connectivity index (χ2v) is 6.08. The summed E-state index contributed by atoms with van der Waals surface area (Å²) in [5.41, 5.74) is 2.16. The van der Waals surface area contributed by atoms with Crippen molar-refractivity contribution in [3.8, 4) is 0 Å². The third-order valence-electron chi connectivity index (χ3n) is 3.86. The van der Waals surface area contributed by atoms with E-state index in [1.165, 1.54) is 12.8 Å². The van der Waals surface area contributed by atoms with Crippen LogP contribution in [0, 0.1) is 5.92 Å². The van der Waals surface area contributed by atoms with Gasteiger partial charge in [-0.2, -0.15) is 0 Å². The van der Waals surface area contributed by atoms with Gasteiger partial charge < -0.3 is 9.88 Å². The highest BCUT2D eigenvalue weighted by atomic mass is 16.2. The van der Waals surface area contributed by atoms with Gasteiger partial charge in [0.25, 0.3) is 0 Å². The summed E-state index contributed by atoms with van der Waals surface area (Å²) in [5, 5.41) is 3.34. The number of H-pyrrole nitrogens is 1. The molecule has 19 heavy (non-hydrogen) atoms. The molecule has 2 N–H and O–H groups in total. The first-order valence-electron chi connectivity index (χ1n) is 7.20. The molecule has 0 bridgehead atoms. The van der Waals surface area contributed by atoms with Crippen LogP contribution < -0.4 is 5.32 Å². The second-order valence-electron chi connectivity index (χ2n) is 6.08. The van der Waals surface area contributed by atoms with Gasteiger partial charge in [-0.25, -0.2) is 4.98 Å². The Kier molecular flexibility index (Phi) is 3.31. The van der Waals surface area contributed by atoms with Gasteiger partial charge in [0.05, 0.1) is 23.8 Å². The van der Waals surface area contributed by atoms with Crippen LogP contribution in [0.5, 0.6) is 0 Å². The molecular weight excluding hydrogens is 240 g/mol. The van der Waals surface area contributed by atoms with Crippen molar-refractivity contribution in [1.82, 2.24) is 20.2 Å². The monoisotopic (exact) mass is 262 g/mol. The minimum absolute atomic E-state index is 0.102. The minimum atomic E-state index is -0.102. The molecule has 0 saturated heterocycles. The lowest BCUT2D eigenvalue weighted by molar-refractivity contribution is -0.134. The zero-order chi connectivity index (χ0) is 13.4. The van der Waals surface area contributed by atoms with Gasteiger partial charge >= 0.3 is 0 Å². The molecule has 0 radical (unpaired) electrons. The van der Waals surface area contributed by atoms with Gasteiger partial charge in [-0.1, -0.05) is 13.8 Å². The van der Waals surface area contributed by atoms with Crippen LogP contribution in [-0.2, 0) is 17.8 Å². The Morgan fingerprint density at radius 2 is 2.32 bits per heavy atom. The highest BCUT2D eigenvalue weighted by Gasteiger charge is 2.37. The topological polar surface area (TPSA) is 61.0 Å². The van der Waals surface area contributed by atoms with Crippen molar-refractivity contribution in [2.45, 2.75) is 51.7 Å². The molecule has 1 aliphatic heterocycles. The second kappa shape index (κ2) is 4.96. The van der Waals surface area contributed by atoms with Crippen molar-refractivity contribution in [1.29, 1.82) is 0 Å². The molecule has 3 rings (SSSR count). The largest absolute Gasteiger partial charge is 0.347 e. The molecule has 0 aromatic carbocycles. The molecule has 1 unspecified atom stereocenters. The van der Waals surface area contributed by atoms with Crippen LogP contribution in [0.4, 0.5) is 0 Å². The molecule has 2 heterocycles. The standard InChI is InChI=1S/C14H22N4O/c1-9(2)7-18(10-3-4-10)14(19)12-5-11-13(6-15-12)17-8-16-11/h8-10,12,15H,3-7H2,1-2H3,(H,16,17). The smallest absolute Gasteiger partial charge is 0.240 e. The molecule has 5 nitrogen and oxygen atoms in total. The molecule has 1 atom stereocenters. The Labute approximate surface area is 113 Å². The third-order valence-corrected chi connectivity index (χ3v) is 3.86. The number of aromatic amines is 1. The number of imidazole rings is 1. The average molecular weight is 262 g/mol. The molecule has 1 aromatic heterocycles. The summed E-state index contributed by atoms with van der Waals surface area (Å²) in [6.45, 7) is 5.92. The van der Waals surface area contributed by atoms with E-state index in [1.54, 1.807) is 6.33 Å². The molecule has 104 valence electrons. The van der Waals surface area contributed by atoms with E-state index in [2.05, 4.69) is 34.0 Å². The molecule has 1 aliphatic carbocycles. The van der Waals surface area contributed by atoms with Gasteiger partial charge in [0.2, 0.25) is 5.91 Å². The highest BCUT2D eigenvalue weighted by molar-refractivity contribution is 5.83. The van der Waals surface area contributed by atoms with Gasteiger partial charge in [0.15, 0.2) is 0 Å². The van der Waals surface area contributed by atoms with E-state index >= 15 is 0 Å². The van der Waals surface area contributed by atoms with Crippen molar-refractivity contribution in [3.05, 3.63) is 17.7 Å². The number of aromatic nitrogens is 2. The van der Waals surface area contributed by atoms with Crippen molar-refractivity contribution in [2.24, 2.45) is 5.92 Å². The first-order valence-corrected chi connectivity index (χ1v) is 7.20. The normalized spacial score (nSPS) is 22.4. The summed E-state index contributed by atoms with van der Waals surface area (Å²) < 4.78 is 0. The zero-order valence-electron chi connectivity index (χ0n) is 11.6. The maximum absolute atomic E-state index is 12.7. The van der Waals surface area contributed by atoms with Crippen molar-refractivity contribution in [2.75, 3.05) is 6.54 Å². The summed E-state index contributed by atoms with van der Waals surface area (Å²) in [7, 11) is 0. The van der Waals surface area contributed by atoms with Gasteiger partial charge in [-0.05, 0) is 18.8 Å². The van der Waals surface area contributed by atoms with Crippen LogP contribution in [0.15, 0.2) is 6.33 Å². The fraction of sp³-hybridized carbons (Fsp3) is 0.714. The summed E-state index contributed by atoms with van der Waals surface area (Å²) in [5.74, 6) is 0.777. The Morgan fingerprint density at radius 1 is 1.53 bits per heavy atom. The lowest BCUT2D eigenvalue weighted by Gasteiger charge is -2.31. The molecule has 2 aliphatic rings. The lowest BCUT2D eigenvalue weighted by atomic mass is 10.0. The fourth-order valence-corrected chi connectivity index (χ4v) is 2.74. The van der Waals surface area contributed by atoms with Gasteiger partial charge in [0, 0.05) is 25.6 Å². The summed E-state index contributed by atoms with van der Waals surface area (Å²) in [6.07, 6.45) is 4.75. The number of rotatable bonds is 4. The Balaban J connectivity index is 1.69. The maximum atomic E-state index is 12.7. The van der Waals surface area contributed by atoms with E-state index in [4.69, 9.17) is 0 Å². The predicted octanol–water partition coefficient (Wildman–Crippen LogP) is 1.07. The third kappa shape index (κ3) is 2.66. The zero-order valence-corrected chi connectivity index (χ0v) is 11.6. The number of carbonyl (C=O) groups is 1. The number of nitrogens with zero attached hydrogens (tertiary/aromatic N) is 2. The van der Waals surface area contributed by atoms with E-state index in [0.717, 1.165) is 17.9 Å². The quantitative estimate of drug-likeness (QED) is 0.853. The summed E-state index contributed by atoms with van der Waals surface area (Å²) in [6, 6.07) is 0.382. The minimum Gasteiger partial charge on any atom is -0.347 e. The molecule has 1 amide bonds. The van der Waals surface area contributed by atoms with Gasteiger partial charge in [-0.3, -0.25) is 10.1 Å². The number of nitrogens with one attached hydrogen (secondary N) is 2. The van der Waals surface area contributed by atoms with E-state index in [1.807, 2.05) is 0 Å². The Bertz CT molecular complexity index is 464. The van der Waals surface area contributed by atoms with Crippen LogP contribution in [0.3, 0.4) is 0 Å². The Hall–Kier alpha value is -1.36. The number of fused-ring (bicyclic) bond motifs is 1. The van der Waals surface area contributed by atoms with Crippen molar-refractivity contribution >= 4 is 5.91 Å². The molecule has 5 heteroatoms. The molecular formula is C14H22N4O. The number of hydrogen-bond donors (Lipinski definition) is 2. The first kappa shape index (κ1) is 12.7. The average Bonchev–Trinajstić information content (AvgIpc) is 3.12. The highest BCUT2D eigenvalue weighted by Crippen LogP contribution is 2.29. The SMILES string of the molecule is CC(C)CN(C(=O)C1Cc2nc[nH]c2CN1)C1CC1. The van der Waals surface area contributed by atoms with Crippen LogP contribution in [0.2, 0.25) is 0 Å². The van der Waals surface area contributed by atoms with E-state index in [-0.39, 0.29) is 11.9 Å². The number of carbonyl (C=O) groups excluding carboxylic acids is 1. The van der Waals surface area contributed by atoms with Crippen LogP contribution in [0.25, 0.3) is 0 Å². The van der Waals surface area contributed by atoms with Crippen molar-refractivity contribution < 1.29 is 4.79 Å². The fourth-order valence-electron chi connectivity index (χ4n) is 2.74.